The fourth-order valence-electron chi connectivity index (χ4n) is 3.02. The first kappa shape index (κ1) is 19.0. The van der Waals surface area contributed by atoms with Crippen LogP contribution in [0.25, 0.3) is 11.0 Å². The van der Waals surface area contributed by atoms with E-state index in [0.717, 1.165) is 28.4 Å². The Labute approximate surface area is 158 Å². The van der Waals surface area contributed by atoms with E-state index in [0.29, 0.717) is 17.0 Å². The van der Waals surface area contributed by atoms with Crippen molar-refractivity contribution in [2.75, 3.05) is 11.0 Å². The number of fused-ring (bicyclic) bond motifs is 1. The lowest BCUT2D eigenvalue weighted by atomic mass is 10.1. The Balaban J connectivity index is 1.84. The van der Waals surface area contributed by atoms with Crippen molar-refractivity contribution in [3.63, 3.8) is 0 Å². The summed E-state index contributed by atoms with van der Waals surface area (Å²) >= 11 is 0. The van der Waals surface area contributed by atoms with E-state index in [2.05, 4.69) is 10.0 Å². The average Bonchev–Trinajstić information content (AvgIpc) is 2.93. The predicted octanol–water partition coefficient (Wildman–Crippen LogP) is 3.91. The molecule has 0 radical (unpaired) electrons. The molecule has 6 nitrogen and oxygen atoms in total. The molecule has 1 heterocycles. The second-order valence-corrected chi connectivity index (χ2v) is 8.44. The molecule has 3 aromatic rings. The van der Waals surface area contributed by atoms with Crippen molar-refractivity contribution < 1.29 is 17.6 Å². The van der Waals surface area contributed by atoms with E-state index >= 15 is 0 Å². The summed E-state index contributed by atoms with van der Waals surface area (Å²) in [7, 11) is -3.43. The van der Waals surface area contributed by atoms with Crippen LogP contribution in [0.1, 0.15) is 40.2 Å². The first-order valence-electron chi connectivity index (χ1n) is 8.53. The van der Waals surface area contributed by atoms with E-state index in [1.807, 2.05) is 38.1 Å². The van der Waals surface area contributed by atoms with Crippen molar-refractivity contribution in [1.82, 2.24) is 5.32 Å². The molecule has 2 aromatic carbocycles. The number of carbonyl (C=O) groups is 1. The fourth-order valence-corrected chi connectivity index (χ4v) is 3.64. The second-order valence-electron chi connectivity index (χ2n) is 6.69. The topological polar surface area (TPSA) is 88.4 Å². The van der Waals surface area contributed by atoms with Crippen LogP contribution in [0.4, 0.5) is 5.69 Å². The molecule has 3 rings (SSSR count). The third kappa shape index (κ3) is 4.14. The molecule has 0 bridgehead atoms. The molecule has 1 unspecified atom stereocenters. The monoisotopic (exact) mass is 386 g/mol. The molecule has 27 heavy (non-hydrogen) atoms. The van der Waals surface area contributed by atoms with Gasteiger partial charge in [-0.25, -0.2) is 8.42 Å². The lowest BCUT2D eigenvalue weighted by Gasteiger charge is -2.14. The van der Waals surface area contributed by atoms with Gasteiger partial charge < -0.3 is 9.73 Å². The van der Waals surface area contributed by atoms with E-state index < -0.39 is 10.0 Å². The van der Waals surface area contributed by atoms with Gasteiger partial charge in [-0.15, -0.1) is 0 Å². The molecule has 0 fully saturated rings. The molecule has 1 atom stereocenters. The second kappa shape index (κ2) is 7.08. The van der Waals surface area contributed by atoms with Crippen LogP contribution in [0.2, 0.25) is 0 Å². The maximum atomic E-state index is 12.7. The molecule has 0 spiro atoms. The summed E-state index contributed by atoms with van der Waals surface area (Å²) in [5.41, 5.74) is 3.26. The Hall–Kier alpha value is -2.80. The van der Waals surface area contributed by atoms with Crippen LogP contribution in [0.3, 0.4) is 0 Å². The summed E-state index contributed by atoms with van der Waals surface area (Å²) in [4.78, 5) is 12.7. The lowest BCUT2D eigenvalue weighted by molar-refractivity contribution is 0.0935. The van der Waals surface area contributed by atoms with Gasteiger partial charge in [0.25, 0.3) is 5.91 Å². The predicted molar refractivity (Wildman–Crippen MR) is 106 cm³/mol. The molecule has 142 valence electrons. The van der Waals surface area contributed by atoms with Gasteiger partial charge >= 0.3 is 0 Å². The van der Waals surface area contributed by atoms with Crippen LogP contribution < -0.4 is 10.0 Å². The standard InChI is InChI=1S/C20H22N2O4S/c1-12-9-10-15(11-17(12)22-27(4,24)25)20(23)21-14(3)19-13(2)16-7-5-6-8-18(16)26-19/h5-11,14,22H,1-4H3,(H,21,23). The first-order valence-corrected chi connectivity index (χ1v) is 10.4. The van der Waals surface area contributed by atoms with Crippen LogP contribution in [0.5, 0.6) is 0 Å². The Kier molecular flexibility index (Phi) is 4.97. The first-order chi connectivity index (χ1) is 12.7. The van der Waals surface area contributed by atoms with Gasteiger partial charge in [0.2, 0.25) is 10.0 Å². The normalized spacial score (nSPS) is 12.7. The van der Waals surface area contributed by atoms with E-state index in [1.54, 1.807) is 19.1 Å². The lowest BCUT2D eigenvalue weighted by Crippen LogP contribution is -2.27. The van der Waals surface area contributed by atoms with E-state index in [1.165, 1.54) is 6.07 Å². The number of benzene rings is 2. The molecule has 0 aliphatic carbocycles. The third-order valence-corrected chi connectivity index (χ3v) is 5.01. The molecule has 0 aliphatic rings. The van der Waals surface area contributed by atoms with Crippen LogP contribution in [-0.2, 0) is 10.0 Å². The number of furan rings is 1. The maximum Gasteiger partial charge on any atom is 0.251 e. The van der Waals surface area contributed by atoms with Crippen LogP contribution in [-0.4, -0.2) is 20.6 Å². The van der Waals surface area contributed by atoms with Crippen molar-refractivity contribution in [1.29, 1.82) is 0 Å². The molecule has 7 heteroatoms. The molecule has 0 aliphatic heterocycles. The minimum atomic E-state index is -3.43. The van der Waals surface area contributed by atoms with Crippen molar-refractivity contribution in [2.24, 2.45) is 0 Å². The minimum Gasteiger partial charge on any atom is -0.459 e. The van der Waals surface area contributed by atoms with Crippen LogP contribution in [0, 0.1) is 13.8 Å². The Morgan fingerprint density at radius 1 is 1.11 bits per heavy atom. The minimum absolute atomic E-state index is 0.307. The summed E-state index contributed by atoms with van der Waals surface area (Å²) < 4.78 is 31.3. The van der Waals surface area contributed by atoms with Gasteiger partial charge in [-0.3, -0.25) is 9.52 Å². The summed E-state index contributed by atoms with van der Waals surface area (Å²) in [6.45, 7) is 5.59. The Morgan fingerprint density at radius 3 is 2.48 bits per heavy atom. The van der Waals surface area contributed by atoms with E-state index in [9.17, 15) is 13.2 Å². The number of amides is 1. The summed E-state index contributed by atoms with van der Waals surface area (Å²) in [6.07, 6.45) is 1.08. The number of rotatable bonds is 5. The fraction of sp³-hybridized carbons (Fsp3) is 0.250. The van der Waals surface area contributed by atoms with Gasteiger partial charge in [0.05, 0.1) is 18.0 Å². The highest BCUT2D eigenvalue weighted by Gasteiger charge is 2.19. The van der Waals surface area contributed by atoms with Gasteiger partial charge in [0, 0.05) is 16.5 Å². The van der Waals surface area contributed by atoms with E-state index in [-0.39, 0.29) is 11.9 Å². The Morgan fingerprint density at radius 2 is 1.81 bits per heavy atom. The van der Waals surface area contributed by atoms with E-state index in [4.69, 9.17) is 4.42 Å². The number of aryl methyl sites for hydroxylation is 2. The highest BCUT2D eigenvalue weighted by Crippen LogP contribution is 2.29. The van der Waals surface area contributed by atoms with Gasteiger partial charge in [-0.2, -0.15) is 0 Å². The van der Waals surface area contributed by atoms with Gasteiger partial charge in [0.1, 0.15) is 11.3 Å². The zero-order chi connectivity index (χ0) is 19.8. The molecule has 1 aromatic heterocycles. The number of hydrogen-bond acceptors (Lipinski definition) is 4. The maximum absolute atomic E-state index is 12.7. The summed E-state index contributed by atoms with van der Waals surface area (Å²) in [5.74, 6) is 0.394. The van der Waals surface area contributed by atoms with Gasteiger partial charge in [-0.05, 0) is 44.5 Å². The quantitative estimate of drug-likeness (QED) is 0.696. The van der Waals surface area contributed by atoms with Crippen molar-refractivity contribution >= 4 is 32.6 Å². The highest BCUT2D eigenvalue weighted by atomic mass is 32.2. The number of hydrogen-bond donors (Lipinski definition) is 2. The van der Waals surface area contributed by atoms with Crippen molar-refractivity contribution in [3.8, 4) is 0 Å². The van der Waals surface area contributed by atoms with Crippen molar-refractivity contribution in [3.05, 3.63) is 64.9 Å². The largest absolute Gasteiger partial charge is 0.459 e. The highest BCUT2D eigenvalue weighted by molar-refractivity contribution is 7.92. The number of para-hydroxylation sites is 1. The van der Waals surface area contributed by atoms with Gasteiger partial charge in [-0.1, -0.05) is 24.3 Å². The SMILES string of the molecule is Cc1ccc(C(=O)NC(C)c2oc3ccccc3c2C)cc1NS(C)(=O)=O. The number of carbonyl (C=O) groups excluding carboxylic acids is 1. The third-order valence-electron chi connectivity index (χ3n) is 4.42. The number of anilines is 1. The Bertz CT molecular complexity index is 1120. The molecule has 0 saturated carbocycles. The molecule has 2 N–H and O–H groups in total. The molecular formula is C20H22N2O4S. The molecule has 1 amide bonds. The zero-order valence-corrected chi connectivity index (χ0v) is 16.5. The van der Waals surface area contributed by atoms with Crippen LogP contribution >= 0.6 is 0 Å². The number of sulfonamides is 1. The number of nitrogens with one attached hydrogen (secondary N) is 2. The van der Waals surface area contributed by atoms with Gasteiger partial charge in [0.15, 0.2) is 0 Å². The van der Waals surface area contributed by atoms with Crippen molar-refractivity contribution in [2.45, 2.75) is 26.8 Å². The average molecular weight is 386 g/mol. The summed E-state index contributed by atoms with van der Waals surface area (Å²) in [6, 6.07) is 12.3. The summed E-state index contributed by atoms with van der Waals surface area (Å²) in [5, 5.41) is 3.93. The smallest absolute Gasteiger partial charge is 0.251 e. The zero-order valence-electron chi connectivity index (χ0n) is 15.7. The molecular weight excluding hydrogens is 364 g/mol. The van der Waals surface area contributed by atoms with Crippen LogP contribution in [0.15, 0.2) is 46.9 Å². The molecule has 0 saturated heterocycles.